The van der Waals surface area contributed by atoms with Gasteiger partial charge < -0.3 is 9.26 Å². The summed E-state index contributed by atoms with van der Waals surface area (Å²) in [6.07, 6.45) is 1.48. The number of benzene rings is 2. The van der Waals surface area contributed by atoms with Crippen LogP contribution in [0.5, 0.6) is 5.75 Å². The summed E-state index contributed by atoms with van der Waals surface area (Å²) >= 11 is 0. The fraction of sp³-hybridized carbons (Fsp3) is 0.0625. The maximum Gasteiger partial charge on any atom is 0.265 e. The van der Waals surface area contributed by atoms with Gasteiger partial charge in [-0.3, -0.25) is 4.72 Å². The molecule has 0 aliphatic heterocycles. The summed E-state index contributed by atoms with van der Waals surface area (Å²) in [6, 6.07) is 11.6. The summed E-state index contributed by atoms with van der Waals surface area (Å²) in [7, 11) is -2.68. The van der Waals surface area contributed by atoms with Crippen molar-refractivity contribution < 1.29 is 22.1 Å². The molecule has 0 bridgehead atoms. The zero-order valence-electron chi connectivity index (χ0n) is 12.6. The molecule has 0 saturated carbocycles. The fourth-order valence-corrected chi connectivity index (χ4v) is 3.37. The molecule has 2 aromatic carbocycles. The molecule has 0 aliphatic rings. The van der Waals surface area contributed by atoms with E-state index < -0.39 is 15.8 Å². The average molecular weight is 348 g/mol. The molecule has 124 valence electrons. The summed E-state index contributed by atoms with van der Waals surface area (Å²) in [5.41, 5.74) is 0.466. The molecule has 3 aromatic rings. The van der Waals surface area contributed by atoms with Crippen molar-refractivity contribution in [3.8, 4) is 17.1 Å². The normalized spacial score (nSPS) is 11.2. The molecule has 0 saturated heterocycles. The van der Waals surface area contributed by atoms with Gasteiger partial charge >= 0.3 is 0 Å². The van der Waals surface area contributed by atoms with Crippen LogP contribution in [0.25, 0.3) is 11.3 Å². The Labute approximate surface area is 137 Å². The molecule has 1 aromatic heterocycles. The summed E-state index contributed by atoms with van der Waals surface area (Å²) in [4.78, 5) is -0.114. The van der Waals surface area contributed by atoms with Crippen LogP contribution in [0.15, 0.2) is 64.1 Å². The molecule has 1 N–H and O–H groups in total. The number of anilines is 1. The highest BCUT2D eigenvalue weighted by Crippen LogP contribution is 2.31. The van der Waals surface area contributed by atoms with E-state index in [4.69, 9.17) is 9.26 Å². The van der Waals surface area contributed by atoms with Crippen molar-refractivity contribution in [2.24, 2.45) is 0 Å². The van der Waals surface area contributed by atoms with Gasteiger partial charge in [0, 0.05) is 11.6 Å². The SMILES string of the molecule is COc1cc(-c2ccno2)ccc1S(=O)(=O)Nc1ccccc1F. The molecule has 3 rings (SSSR count). The van der Waals surface area contributed by atoms with E-state index in [1.165, 1.54) is 49.7 Å². The third-order valence-corrected chi connectivity index (χ3v) is 4.70. The maximum atomic E-state index is 13.7. The summed E-state index contributed by atoms with van der Waals surface area (Å²) in [5.74, 6) is -0.0922. The second-order valence-corrected chi connectivity index (χ2v) is 6.48. The van der Waals surface area contributed by atoms with Gasteiger partial charge in [0.15, 0.2) is 5.76 Å². The van der Waals surface area contributed by atoms with Gasteiger partial charge in [-0.1, -0.05) is 17.3 Å². The topological polar surface area (TPSA) is 81.4 Å². The molecule has 0 unspecified atom stereocenters. The van der Waals surface area contributed by atoms with Crippen molar-refractivity contribution in [2.45, 2.75) is 4.90 Å². The van der Waals surface area contributed by atoms with Crippen molar-refractivity contribution in [1.29, 1.82) is 0 Å². The van der Waals surface area contributed by atoms with Crippen molar-refractivity contribution in [3.05, 3.63) is 60.5 Å². The Hall–Kier alpha value is -2.87. The molecular weight excluding hydrogens is 335 g/mol. The van der Waals surface area contributed by atoms with Crippen molar-refractivity contribution in [1.82, 2.24) is 5.16 Å². The van der Waals surface area contributed by atoms with E-state index in [1.807, 2.05) is 0 Å². The van der Waals surface area contributed by atoms with Gasteiger partial charge in [0.05, 0.1) is 19.0 Å². The van der Waals surface area contributed by atoms with Gasteiger partial charge in [0.2, 0.25) is 0 Å². The van der Waals surface area contributed by atoms with Gasteiger partial charge in [-0.25, -0.2) is 12.8 Å². The number of nitrogens with zero attached hydrogens (tertiary/aromatic N) is 1. The first-order valence-corrected chi connectivity index (χ1v) is 8.36. The van der Waals surface area contributed by atoms with Gasteiger partial charge in [0.1, 0.15) is 16.5 Å². The monoisotopic (exact) mass is 348 g/mol. The van der Waals surface area contributed by atoms with Gasteiger partial charge in [-0.05, 0) is 30.3 Å². The molecular formula is C16H13FN2O4S. The van der Waals surface area contributed by atoms with Crippen molar-refractivity contribution in [2.75, 3.05) is 11.8 Å². The number of nitrogens with one attached hydrogen (secondary N) is 1. The first kappa shape index (κ1) is 16.0. The van der Waals surface area contributed by atoms with Crippen molar-refractivity contribution >= 4 is 15.7 Å². The lowest BCUT2D eigenvalue weighted by molar-refractivity contribution is 0.402. The molecule has 24 heavy (non-hydrogen) atoms. The van der Waals surface area contributed by atoms with Gasteiger partial charge in [-0.15, -0.1) is 0 Å². The number of hydrogen-bond donors (Lipinski definition) is 1. The Bertz CT molecular complexity index is 956. The molecule has 1 heterocycles. The predicted octanol–water partition coefficient (Wildman–Crippen LogP) is 3.29. The van der Waals surface area contributed by atoms with Crippen LogP contribution in [0.4, 0.5) is 10.1 Å². The molecule has 6 nitrogen and oxygen atoms in total. The highest BCUT2D eigenvalue weighted by Gasteiger charge is 2.22. The number of methoxy groups -OCH3 is 1. The number of sulfonamides is 1. The Morgan fingerprint density at radius 3 is 2.62 bits per heavy atom. The Balaban J connectivity index is 2.00. The lowest BCUT2D eigenvalue weighted by Crippen LogP contribution is -2.15. The average Bonchev–Trinajstić information content (AvgIpc) is 3.11. The maximum absolute atomic E-state index is 13.7. The summed E-state index contributed by atoms with van der Waals surface area (Å²) in [5, 5.41) is 3.60. The minimum absolute atomic E-state index is 0.104. The Morgan fingerprint density at radius 1 is 1.17 bits per heavy atom. The standard InChI is InChI=1S/C16H13FN2O4S/c1-22-15-10-11(14-8-9-18-23-14)6-7-16(15)24(20,21)19-13-5-3-2-4-12(13)17/h2-10,19H,1H3. The minimum Gasteiger partial charge on any atom is -0.495 e. The van der Waals surface area contributed by atoms with E-state index in [0.717, 1.165) is 0 Å². The van der Waals surface area contributed by atoms with Crippen LogP contribution in [-0.2, 0) is 10.0 Å². The first-order chi connectivity index (χ1) is 11.5. The van der Waals surface area contributed by atoms with E-state index >= 15 is 0 Å². The number of para-hydroxylation sites is 1. The number of rotatable bonds is 5. The third-order valence-electron chi connectivity index (χ3n) is 3.29. The molecule has 0 atom stereocenters. The van der Waals surface area contributed by atoms with Crippen LogP contribution < -0.4 is 9.46 Å². The fourth-order valence-electron chi connectivity index (χ4n) is 2.15. The summed E-state index contributed by atoms with van der Waals surface area (Å²) in [6.45, 7) is 0. The zero-order chi connectivity index (χ0) is 17.2. The van der Waals surface area contributed by atoms with Crippen LogP contribution >= 0.6 is 0 Å². The van der Waals surface area contributed by atoms with E-state index in [2.05, 4.69) is 9.88 Å². The van der Waals surface area contributed by atoms with Crippen LogP contribution in [0.3, 0.4) is 0 Å². The lowest BCUT2D eigenvalue weighted by Gasteiger charge is -2.12. The van der Waals surface area contributed by atoms with Gasteiger partial charge in [-0.2, -0.15) is 0 Å². The lowest BCUT2D eigenvalue weighted by atomic mass is 10.1. The predicted molar refractivity (Wildman–Crippen MR) is 85.7 cm³/mol. The van der Waals surface area contributed by atoms with E-state index in [9.17, 15) is 12.8 Å². The van der Waals surface area contributed by atoms with Crippen LogP contribution in [0, 0.1) is 5.82 Å². The molecule has 0 amide bonds. The van der Waals surface area contributed by atoms with E-state index in [1.54, 1.807) is 12.1 Å². The third kappa shape index (κ3) is 3.09. The largest absolute Gasteiger partial charge is 0.495 e. The Kier molecular flexibility index (Phi) is 4.22. The second-order valence-electron chi connectivity index (χ2n) is 4.83. The summed E-state index contributed by atoms with van der Waals surface area (Å²) < 4.78 is 51.2. The molecule has 0 fully saturated rings. The van der Waals surface area contributed by atoms with Crippen molar-refractivity contribution in [3.63, 3.8) is 0 Å². The van der Waals surface area contributed by atoms with E-state index in [0.29, 0.717) is 11.3 Å². The molecule has 8 heteroatoms. The number of hydrogen-bond acceptors (Lipinski definition) is 5. The Morgan fingerprint density at radius 2 is 1.96 bits per heavy atom. The van der Waals surface area contributed by atoms with Gasteiger partial charge in [0.25, 0.3) is 10.0 Å². The quantitative estimate of drug-likeness (QED) is 0.765. The second kappa shape index (κ2) is 6.32. The number of aromatic nitrogens is 1. The number of ether oxygens (including phenoxy) is 1. The molecule has 0 radical (unpaired) electrons. The highest BCUT2D eigenvalue weighted by atomic mass is 32.2. The molecule has 0 spiro atoms. The van der Waals surface area contributed by atoms with E-state index in [-0.39, 0.29) is 16.3 Å². The minimum atomic E-state index is -4.03. The smallest absolute Gasteiger partial charge is 0.265 e. The number of halogens is 1. The molecule has 0 aliphatic carbocycles. The zero-order valence-corrected chi connectivity index (χ0v) is 13.4. The van der Waals surface area contributed by atoms with Crippen LogP contribution in [0.2, 0.25) is 0 Å². The highest BCUT2D eigenvalue weighted by molar-refractivity contribution is 7.92. The van der Waals surface area contributed by atoms with Crippen LogP contribution in [0.1, 0.15) is 0 Å². The van der Waals surface area contributed by atoms with Crippen LogP contribution in [-0.4, -0.2) is 20.7 Å². The first-order valence-electron chi connectivity index (χ1n) is 6.88.